The number of fused-ring (bicyclic) bond motifs is 4. The van der Waals surface area contributed by atoms with Gasteiger partial charge in [-0.15, -0.1) is 0 Å². The van der Waals surface area contributed by atoms with E-state index in [9.17, 15) is 24.9 Å². The summed E-state index contributed by atoms with van der Waals surface area (Å²) in [5, 5.41) is 30.8. The lowest BCUT2D eigenvalue weighted by atomic mass is 9.43. The van der Waals surface area contributed by atoms with E-state index in [1.54, 1.807) is 25.0 Å². The summed E-state index contributed by atoms with van der Waals surface area (Å²) in [6, 6.07) is 0. The molecule has 35 heavy (non-hydrogen) atoms. The molecule has 198 valence electrons. The van der Waals surface area contributed by atoms with Gasteiger partial charge in [0.2, 0.25) is 0 Å². The van der Waals surface area contributed by atoms with Gasteiger partial charge in [0.1, 0.15) is 5.78 Å². The minimum atomic E-state index is -1.23. The number of carboxylic acids is 1. The second kappa shape index (κ2) is 8.41. The number of aliphatic hydroxyl groups excluding tert-OH is 1. The van der Waals surface area contributed by atoms with Crippen LogP contribution in [0.5, 0.6) is 0 Å². The first-order chi connectivity index (χ1) is 16.0. The Kier molecular flexibility index (Phi) is 6.45. The highest BCUT2D eigenvalue weighted by Crippen LogP contribution is 2.72. The number of Topliss-reactive ketones (excluding diaryl/α,β-unsaturated/α-hetero) is 1. The molecule has 2 saturated carbocycles. The van der Waals surface area contributed by atoms with Crippen LogP contribution >= 0.6 is 0 Å². The first-order valence-corrected chi connectivity index (χ1v) is 13.9. The van der Waals surface area contributed by atoms with Crippen LogP contribution in [-0.4, -0.2) is 38.8 Å². The molecule has 0 amide bonds. The maximum atomic E-state index is 12.8. The Morgan fingerprint density at radius 3 is 2.23 bits per heavy atom. The van der Waals surface area contributed by atoms with Crippen molar-refractivity contribution in [2.45, 2.75) is 124 Å². The quantitative estimate of drug-likeness (QED) is 0.404. The van der Waals surface area contributed by atoms with Gasteiger partial charge in [-0.25, -0.2) is 0 Å². The van der Waals surface area contributed by atoms with Gasteiger partial charge >= 0.3 is 5.97 Å². The fourth-order valence-electron chi connectivity index (χ4n) is 9.36. The van der Waals surface area contributed by atoms with Crippen molar-refractivity contribution in [3.8, 4) is 0 Å². The summed E-state index contributed by atoms with van der Waals surface area (Å²) in [5.74, 6) is -0.432. The molecular formula is C30H48O5. The van der Waals surface area contributed by atoms with Crippen molar-refractivity contribution in [3.05, 3.63) is 11.1 Å². The fourth-order valence-corrected chi connectivity index (χ4v) is 9.36. The van der Waals surface area contributed by atoms with Crippen molar-refractivity contribution in [2.24, 2.45) is 39.4 Å². The van der Waals surface area contributed by atoms with E-state index >= 15 is 0 Å². The lowest BCUT2D eigenvalue weighted by Gasteiger charge is -2.60. The zero-order valence-electron chi connectivity index (χ0n) is 23.0. The number of carboxylic acid groups (broad SMARTS) is 1. The molecule has 5 heteroatoms. The normalized spacial score (nSPS) is 40.5. The van der Waals surface area contributed by atoms with Gasteiger partial charge in [-0.3, -0.25) is 9.59 Å². The molecule has 1 unspecified atom stereocenters. The molecule has 4 aliphatic carbocycles. The molecule has 0 aromatic heterocycles. The van der Waals surface area contributed by atoms with E-state index in [4.69, 9.17) is 0 Å². The van der Waals surface area contributed by atoms with Gasteiger partial charge in [0.25, 0.3) is 0 Å². The van der Waals surface area contributed by atoms with Crippen LogP contribution in [0.25, 0.3) is 0 Å². The van der Waals surface area contributed by atoms with Crippen molar-refractivity contribution in [1.82, 2.24) is 0 Å². The molecule has 0 radical (unpaired) electrons. The van der Waals surface area contributed by atoms with Gasteiger partial charge in [-0.1, -0.05) is 45.8 Å². The predicted molar refractivity (Wildman–Crippen MR) is 137 cm³/mol. The third-order valence-corrected chi connectivity index (χ3v) is 11.9. The van der Waals surface area contributed by atoms with Crippen LogP contribution in [0.4, 0.5) is 0 Å². The highest BCUT2D eigenvalue weighted by molar-refractivity contribution is 5.85. The molecule has 0 saturated heterocycles. The van der Waals surface area contributed by atoms with E-state index in [0.717, 1.165) is 44.9 Å². The topological polar surface area (TPSA) is 94.8 Å². The van der Waals surface area contributed by atoms with Gasteiger partial charge in [0.15, 0.2) is 0 Å². The molecule has 5 nitrogen and oxygen atoms in total. The van der Waals surface area contributed by atoms with Crippen molar-refractivity contribution < 1.29 is 24.9 Å². The predicted octanol–water partition coefficient (Wildman–Crippen LogP) is 5.92. The minimum Gasteiger partial charge on any atom is -0.481 e. The maximum absolute atomic E-state index is 12.8. The Balaban J connectivity index is 1.66. The molecule has 2 fully saturated rings. The van der Waals surface area contributed by atoms with Crippen LogP contribution in [0.15, 0.2) is 11.1 Å². The van der Waals surface area contributed by atoms with Crippen LogP contribution in [0.1, 0.15) is 113 Å². The smallest absolute Gasteiger partial charge is 0.306 e. The summed E-state index contributed by atoms with van der Waals surface area (Å²) in [6.45, 7) is 14.6. The van der Waals surface area contributed by atoms with Crippen molar-refractivity contribution in [3.63, 3.8) is 0 Å². The molecule has 0 heterocycles. The first-order valence-electron chi connectivity index (χ1n) is 13.9. The molecule has 0 bridgehead atoms. The van der Waals surface area contributed by atoms with Crippen LogP contribution < -0.4 is 0 Å². The number of aliphatic hydroxyl groups is 2. The summed E-state index contributed by atoms with van der Waals surface area (Å²) in [4.78, 5) is 25.3. The largest absolute Gasteiger partial charge is 0.481 e. The second-order valence-electron chi connectivity index (χ2n) is 14.2. The first kappa shape index (κ1) is 26.9. The van der Waals surface area contributed by atoms with Crippen LogP contribution in [0, 0.1) is 39.4 Å². The summed E-state index contributed by atoms with van der Waals surface area (Å²) in [6.07, 6.45) is 7.33. The van der Waals surface area contributed by atoms with E-state index < -0.39 is 23.6 Å². The average Bonchev–Trinajstić information content (AvgIpc) is 3.02. The molecule has 4 aliphatic rings. The maximum Gasteiger partial charge on any atom is 0.306 e. The molecule has 0 aromatic rings. The summed E-state index contributed by atoms with van der Waals surface area (Å²) >= 11 is 0. The van der Waals surface area contributed by atoms with Crippen molar-refractivity contribution >= 4 is 11.8 Å². The lowest BCUT2D eigenvalue weighted by Crippen LogP contribution is -2.54. The number of hydrogen-bond donors (Lipinski definition) is 3. The minimum absolute atomic E-state index is 0.0204. The molecule has 0 aliphatic heterocycles. The van der Waals surface area contributed by atoms with Gasteiger partial charge in [-0.2, -0.15) is 0 Å². The summed E-state index contributed by atoms with van der Waals surface area (Å²) < 4.78 is 0. The second-order valence-corrected chi connectivity index (χ2v) is 14.2. The summed E-state index contributed by atoms with van der Waals surface area (Å²) in [7, 11) is 0. The van der Waals surface area contributed by atoms with E-state index in [1.165, 1.54) is 0 Å². The van der Waals surface area contributed by atoms with E-state index in [1.807, 2.05) is 0 Å². The zero-order chi connectivity index (χ0) is 26.2. The number of carbonyl (C=O) groups excluding carboxylic acids is 1. The van der Waals surface area contributed by atoms with Gasteiger partial charge in [-0.05, 0) is 99.7 Å². The molecule has 3 N–H and O–H groups in total. The zero-order valence-corrected chi connectivity index (χ0v) is 23.0. The van der Waals surface area contributed by atoms with Crippen LogP contribution in [0.2, 0.25) is 0 Å². The molecule has 0 spiro atoms. The molecular weight excluding hydrogens is 440 g/mol. The Morgan fingerprint density at radius 1 is 0.971 bits per heavy atom. The van der Waals surface area contributed by atoms with E-state index in [0.29, 0.717) is 31.0 Å². The standard InChI is InChI=1S/C30H48O5/c1-26(2)22-10-9-21-20(28(22,5)15-14-23(26)31)13-17-29(6)19(12-16-30(21,29)7)18(25(33)34)8-11-24(32)27(3,4)35/h18-19,22,24,32,35H,8-17H2,1-7H3,(H,33,34)/t18-,19-,22+,24?,28-,29-,30+/m1/s1. The van der Waals surface area contributed by atoms with E-state index in [2.05, 4.69) is 34.6 Å². The molecule has 7 atom stereocenters. The van der Waals surface area contributed by atoms with Gasteiger partial charge in [0.05, 0.1) is 17.6 Å². The van der Waals surface area contributed by atoms with Gasteiger partial charge < -0.3 is 15.3 Å². The third-order valence-electron chi connectivity index (χ3n) is 11.9. The number of aliphatic carboxylic acids is 1. The van der Waals surface area contributed by atoms with Crippen molar-refractivity contribution in [2.75, 3.05) is 0 Å². The van der Waals surface area contributed by atoms with Crippen LogP contribution in [0.3, 0.4) is 0 Å². The average molecular weight is 489 g/mol. The fraction of sp³-hybridized carbons (Fsp3) is 0.867. The Bertz CT molecular complexity index is 926. The summed E-state index contributed by atoms with van der Waals surface area (Å²) in [5.41, 5.74) is 1.62. The van der Waals surface area contributed by atoms with E-state index in [-0.39, 0.29) is 27.6 Å². The molecule has 0 aromatic carbocycles. The Hall–Kier alpha value is -1.20. The number of allylic oxidation sites excluding steroid dienone is 2. The van der Waals surface area contributed by atoms with Crippen LogP contribution in [-0.2, 0) is 9.59 Å². The lowest BCUT2D eigenvalue weighted by molar-refractivity contribution is -0.147. The Labute approximate surface area is 211 Å². The highest BCUT2D eigenvalue weighted by Gasteiger charge is 2.64. The monoisotopic (exact) mass is 488 g/mol. The van der Waals surface area contributed by atoms with Crippen molar-refractivity contribution in [1.29, 1.82) is 0 Å². The SMILES string of the molecule is CC(C)(O)C(O)CC[C@@H](C(=O)O)[C@H]1CC[C@@]2(C)C3=C(CC[C@]12C)[C@@]1(C)CCC(=O)C(C)(C)[C@@H]1CC3. The molecule has 4 rings (SSSR count). The Morgan fingerprint density at radius 2 is 1.63 bits per heavy atom. The highest BCUT2D eigenvalue weighted by atomic mass is 16.4. The number of ketones is 1. The third kappa shape index (κ3) is 3.86. The van der Waals surface area contributed by atoms with Gasteiger partial charge in [0, 0.05) is 11.8 Å². The number of rotatable bonds is 6. The number of carbonyl (C=O) groups is 2. The number of hydrogen-bond acceptors (Lipinski definition) is 4.